The lowest BCUT2D eigenvalue weighted by Gasteiger charge is -2.24. The molecule has 2 heterocycles. The summed E-state index contributed by atoms with van der Waals surface area (Å²) in [5.41, 5.74) is 7.05. The van der Waals surface area contributed by atoms with Crippen LogP contribution >= 0.6 is 0 Å². The molecule has 0 radical (unpaired) electrons. The van der Waals surface area contributed by atoms with Gasteiger partial charge in [-0.05, 0) is 24.3 Å². The molecule has 8 nitrogen and oxygen atoms in total. The molecule has 0 bridgehead atoms. The molecule has 0 aliphatic heterocycles. The third-order valence-corrected chi connectivity index (χ3v) is 5.38. The molecule has 0 spiro atoms. The fourth-order valence-corrected chi connectivity index (χ4v) is 3.73. The fourth-order valence-electron chi connectivity index (χ4n) is 3.73. The van der Waals surface area contributed by atoms with Gasteiger partial charge in [0.15, 0.2) is 5.65 Å². The van der Waals surface area contributed by atoms with Crippen LogP contribution in [0.4, 0.5) is 24.7 Å². The number of nitriles is 1. The van der Waals surface area contributed by atoms with E-state index in [1.807, 2.05) is 41.3 Å². The maximum absolute atomic E-state index is 13.1. The second kappa shape index (κ2) is 9.34. The Bertz CT molecular complexity index is 1430. The molecule has 3 N–H and O–H groups in total. The minimum absolute atomic E-state index is 0.105. The van der Waals surface area contributed by atoms with Crippen molar-refractivity contribution in [3.05, 3.63) is 72.6 Å². The lowest BCUT2D eigenvalue weighted by molar-refractivity contribution is -0.138. The largest absolute Gasteiger partial charge is 0.507 e. The first-order valence-electron chi connectivity index (χ1n) is 10.4. The smallest absolute Gasteiger partial charge is 0.419 e. The Morgan fingerprint density at radius 3 is 2.57 bits per heavy atom. The van der Waals surface area contributed by atoms with Crippen molar-refractivity contribution >= 4 is 22.5 Å². The number of nitrogen functional groups attached to an aromatic ring is 1. The molecule has 11 heteroatoms. The van der Waals surface area contributed by atoms with E-state index in [-0.39, 0.29) is 17.1 Å². The Morgan fingerprint density at radius 2 is 1.91 bits per heavy atom. The molecule has 0 saturated heterocycles. The highest BCUT2D eigenvalue weighted by Gasteiger charge is 2.34. The minimum atomic E-state index is -4.69. The maximum atomic E-state index is 13.1. The molecule has 0 aliphatic rings. The zero-order valence-electron chi connectivity index (χ0n) is 18.4. The SMILES string of the molecule is C=C(C#N)CN(CCn1nc(-c2ccc(C(F)(F)F)c(O)c2)c2c(N)ncnc21)c1ccccc1. The van der Waals surface area contributed by atoms with Crippen LogP contribution in [-0.2, 0) is 12.7 Å². The van der Waals surface area contributed by atoms with Crippen LogP contribution in [0.1, 0.15) is 5.56 Å². The zero-order chi connectivity index (χ0) is 25.2. The molecule has 0 fully saturated rings. The average molecular weight is 479 g/mol. The van der Waals surface area contributed by atoms with Gasteiger partial charge in [-0.25, -0.2) is 14.6 Å². The predicted molar refractivity (Wildman–Crippen MR) is 125 cm³/mol. The van der Waals surface area contributed by atoms with Crippen molar-refractivity contribution in [3.63, 3.8) is 0 Å². The van der Waals surface area contributed by atoms with Crippen molar-refractivity contribution in [3.8, 4) is 23.1 Å². The quantitative estimate of drug-likeness (QED) is 0.378. The number of alkyl halides is 3. The number of anilines is 2. The summed E-state index contributed by atoms with van der Waals surface area (Å²) >= 11 is 0. The monoisotopic (exact) mass is 479 g/mol. The van der Waals surface area contributed by atoms with Crippen LogP contribution in [0.3, 0.4) is 0 Å². The first-order valence-corrected chi connectivity index (χ1v) is 10.4. The zero-order valence-corrected chi connectivity index (χ0v) is 18.4. The van der Waals surface area contributed by atoms with Gasteiger partial charge in [-0.1, -0.05) is 30.8 Å². The van der Waals surface area contributed by atoms with Crippen LogP contribution < -0.4 is 10.6 Å². The summed E-state index contributed by atoms with van der Waals surface area (Å²) in [5.74, 6) is -0.813. The molecular weight excluding hydrogens is 459 g/mol. The van der Waals surface area contributed by atoms with E-state index in [0.717, 1.165) is 17.8 Å². The third kappa shape index (κ3) is 4.86. The van der Waals surface area contributed by atoms with E-state index in [0.29, 0.717) is 36.2 Å². The molecule has 2 aromatic carbocycles. The minimum Gasteiger partial charge on any atom is -0.507 e. The fraction of sp³-hybridized carbons (Fsp3) is 0.167. The molecule has 178 valence electrons. The van der Waals surface area contributed by atoms with Crippen molar-refractivity contribution in [2.45, 2.75) is 12.7 Å². The summed E-state index contributed by atoms with van der Waals surface area (Å²) in [6, 6.07) is 14.5. The normalized spacial score (nSPS) is 11.4. The van der Waals surface area contributed by atoms with E-state index >= 15 is 0 Å². The maximum Gasteiger partial charge on any atom is 0.419 e. The Balaban J connectivity index is 1.72. The van der Waals surface area contributed by atoms with Crippen molar-refractivity contribution in [2.75, 3.05) is 23.7 Å². The predicted octanol–water partition coefficient (Wildman–Crippen LogP) is 4.39. The first-order chi connectivity index (χ1) is 16.7. The Hall–Kier alpha value is -4.59. The standard InChI is InChI=1S/C24H20F3N7O/c1-15(12-28)13-33(17-5-3-2-4-6-17)9-10-34-23-20(22(29)30-14-31-23)21(32-34)16-7-8-18(19(35)11-16)24(25,26)27/h2-8,11,14,35H,1,9-10,13H2,(H2,29,30,31). The van der Waals surface area contributed by atoms with Gasteiger partial charge in [0.1, 0.15) is 23.6 Å². The summed E-state index contributed by atoms with van der Waals surface area (Å²) in [4.78, 5) is 10.2. The average Bonchev–Trinajstić information content (AvgIpc) is 3.21. The Labute approximate surface area is 198 Å². The van der Waals surface area contributed by atoms with Crippen LogP contribution in [-0.4, -0.2) is 37.9 Å². The van der Waals surface area contributed by atoms with E-state index in [1.54, 1.807) is 4.68 Å². The second-order valence-electron chi connectivity index (χ2n) is 7.73. The number of aromatic nitrogens is 4. The summed E-state index contributed by atoms with van der Waals surface area (Å²) in [6.45, 7) is 4.80. The highest BCUT2D eigenvalue weighted by atomic mass is 19.4. The van der Waals surface area contributed by atoms with Gasteiger partial charge < -0.3 is 15.7 Å². The van der Waals surface area contributed by atoms with Gasteiger partial charge in [0.2, 0.25) is 0 Å². The summed E-state index contributed by atoms with van der Waals surface area (Å²) < 4.78 is 40.8. The van der Waals surface area contributed by atoms with Crippen LogP contribution in [0.5, 0.6) is 5.75 Å². The number of rotatable bonds is 7. The van der Waals surface area contributed by atoms with Gasteiger partial charge >= 0.3 is 6.18 Å². The number of aromatic hydroxyl groups is 1. The Kier molecular flexibility index (Phi) is 6.29. The number of phenols is 1. The summed E-state index contributed by atoms with van der Waals surface area (Å²) in [7, 11) is 0. The molecular formula is C24H20F3N7O. The molecule has 0 saturated carbocycles. The highest BCUT2D eigenvalue weighted by molar-refractivity contribution is 5.98. The van der Waals surface area contributed by atoms with Crippen LogP contribution in [0, 0.1) is 11.3 Å². The topological polar surface area (TPSA) is 117 Å². The number of nitrogens with two attached hydrogens (primary N) is 1. The number of halogens is 3. The van der Waals surface area contributed by atoms with E-state index < -0.39 is 17.5 Å². The molecule has 4 rings (SSSR count). The molecule has 35 heavy (non-hydrogen) atoms. The van der Waals surface area contributed by atoms with Crippen LogP contribution in [0.2, 0.25) is 0 Å². The van der Waals surface area contributed by atoms with Crippen molar-refractivity contribution in [1.29, 1.82) is 5.26 Å². The Morgan fingerprint density at radius 1 is 1.17 bits per heavy atom. The van der Waals surface area contributed by atoms with E-state index in [1.165, 1.54) is 12.4 Å². The van der Waals surface area contributed by atoms with Gasteiger partial charge in [0.25, 0.3) is 0 Å². The molecule has 2 aromatic heterocycles. The van der Waals surface area contributed by atoms with Gasteiger partial charge in [-0.3, -0.25) is 0 Å². The van der Waals surface area contributed by atoms with Crippen LogP contribution in [0.15, 0.2) is 67.0 Å². The van der Waals surface area contributed by atoms with E-state index in [2.05, 4.69) is 21.6 Å². The third-order valence-electron chi connectivity index (χ3n) is 5.38. The molecule has 0 unspecified atom stereocenters. The van der Waals surface area contributed by atoms with E-state index in [4.69, 9.17) is 5.73 Å². The number of phenolic OH excluding ortho intramolecular Hbond substituents is 1. The van der Waals surface area contributed by atoms with Crippen LogP contribution in [0.25, 0.3) is 22.3 Å². The molecule has 0 aliphatic carbocycles. The van der Waals surface area contributed by atoms with Gasteiger partial charge in [0, 0.05) is 23.4 Å². The van der Waals surface area contributed by atoms with Gasteiger partial charge in [-0.2, -0.15) is 23.5 Å². The number of hydrogen-bond donors (Lipinski definition) is 2. The molecule has 0 amide bonds. The lowest BCUT2D eigenvalue weighted by atomic mass is 10.1. The number of para-hydroxylation sites is 1. The number of nitrogens with zero attached hydrogens (tertiary/aromatic N) is 6. The number of fused-ring (bicyclic) bond motifs is 1. The summed E-state index contributed by atoms with van der Waals surface area (Å²) in [5, 5.41) is 24.1. The molecule has 0 atom stereocenters. The van der Waals surface area contributed by atoms with Crippen molar-refractivity contribution < 1.29 is 18.3 Å². The van der Waals surface area contributed by atoms with E-state index in [9.17, 15) is 23.5 Å². The van der Waals surface area contributed by atoms with Gasteiger partial charge in [-0.15, -0.1) is 0 Å². The lowest BCUT2D eigenvalue weighted by Crippen LogP contribution is -2.29. The second-order valence-corrected chi connectivity index (χ2v) is 7.73. The van der Waals surface area contributed by atoms with Gasteiger partial charge in [0.05, 0.1) is 30.1 Å². The first kappa shape index (κ1) is 23.6. The number of benzene rings is 2. The molecule has 4 aromatic rings. The summed E-state index contributed by atoms with van der Waals surface area (Å²) in [6.07, 6.45) is -3.42. The van der Waals surface area contributed by atoms with Crippen molar-refractivity contribution in [1.82, 2.24) is 19.7 Å². The van der Waals surface area contributed by atoms with Crippen molar-refractivity contribution in [2.24, 2.45) is 0 Å². The highest BCUT2D eigenvalue weighted by Crippen LogP contribution is 2.39. The number of hydrogen-bond acceptors (Lipinski definition) is 7.